The van der Waals surface area contributed by atoms with Crippen molar-refractivity contribution in [2.45, 2.75) is 51.0 Å². The van der Waals surface area contributed by atoms with Crippen molar-refractivity contribution in [3.05, 3.63) is 42.0 Å². The van der Waals surface area contributed by atoms with Gasteiger partial charge >= 0.3 is 0 Å². The Morgan fingerprint density at radius 2 is 1.61 bits per heavy atom. The van der Waals surface area contributed by atoms with Crippen LogP contribution in [0.5, 0.6) is 5.75 Å². The third-order valence-corrected chi connectivity index (χ3v) is 6.61. The van der Waals surface area contributed by atoms with Crippen LogP contribution in [0.25, 0.3) is 10.8 Å². The first-order chi connectivity index (χ1) is 13.3. The predicted octanol–water partition coefficient (Wildman–Crippen LogP) is 5.15. The van der Waals surface area contributed by atoms with Crippen molar-refractivity contribution >= 4 is 23.2 Å². The Hall–Kier alpha value is -1.29. The number of methoxy groups -OCH3 is 1. The first-order valence-corrected chi connectivity index (χ1v) is 10.9. The van der Waals surface area contributed by atoms with Crippen LogP contribution >= 0.6 is 12.4 Å². The van der Waals surface area contributed by atoms with E-state index in [4.69, 9.17) is 4.74 Å². The number of ether oxygens (including phenoxy) is 1. The standard InChI is InChI=1S/C24H34N2O.ClH/c1-27-24-14-6-12-22-20(8-5-13-23(22)24)9-7-15-25-16-18-26(19-17-25)21-10-3-2-4-11-21;/h5-6,8,12-14,21H,2-4,7,9-11,15-19H2,1H3;1H. The second-order valence-corrected chi connectivity index (χ2v) is 8.25. The highest BCUT2D eigenvalue weighted by Crippen LogP contribution is 2.28. The Bertz CT molecular complexity index is 736. The molecule has 4 rings (SSSR count). The zero-order valence-corrected chi connectivity index (χ0v) is 18.1. The average molecular weight is 403 g/mol. The van der Waals surface area contributed by atoms with E-state index >= 15 is 0 Å². The number of benzene rings is 2. The number of piperazine rings is 1. The zero-order chi connectivity index (χ0) is 18.5. The molecule has 1 saturated carbocycles. The third-order valence-electron chi connectivity index (χ3n) is 6.61. The lowest BCUT2D eigenvalue weighted by molar-refractivity contribution is 0.0785. The summed E-state index contributed by atoms with van der Waals surface area (Å²) >= 11 is 0. The highest BCUT2D eigenvalue weighted by molar-refractivity contribution is 5.90. The van der Waals surface area contributed by atoms with E-state index in [2.05, 4.69) is 46.2 Å². The van der Waals surface area contributed by atoms with Gasteiger partial charge in [-0.3, -0.25) is 4.90 Å². The molecule has 0 radical (unpaired) electrons. The van der Waals surface area contributed by atoms with E-state index < -0.39 is 0 Å². The van der Waals surface area contributed by atoms with E-state index in [1.54, 1.807) is 7.11 Å². The van der Waals surface area contributed by atoms with Crippen molar-refractivity contribution in [2.75, 3.05) is 39.8 Å². The minimum atomic E-state index is 0. The molecule has 0 aromatic heterocycles. The number of nitrogens with zero attached hydrogens (tertiary/aromatic N) is 2. The zero-order valence-electron chi connectivity index (χ0n) is 17.2. The van der Waals surface area contributed by atoms with Gasteiger partial charge in [-0.1, -0.05) is 49.6 Å². The minimum absolute atomic E-state index is 0. The van der Waals surface area contributed by atoms with Gasteiger partial charge < -0.3 is 9.64 Å². The number of rotatable bonds is 6. The van der Waals surface area contributed by atoms with Gasteiger partial charge in [0.2, 0.25) is 0 Å². The third kappa shape index (κ3) is 5.00. The van der Waals surface area contributed by atoms with Crippen LogP contribution in [-0.2, 0) is 6.42 Å². The van der Waals surface area contributed by atoms with Gasteiger partial charge in [0, 0.05) is 37.6 Å². The van der Waals surface area contributed by atoms with Gasteiger partial charge in [-0.25, -0.2) is 0 Å². The van der Waals surface area contributed by atoms with Crippen LogP contribution in [0.1, 0.15) is 44.1 Å². The van der Waals surface area contributed by atoms with Crippen LogP contribution in [-0.4, -0.2) is 55.7 Å². The molecule has 0 amide bonds. The molecule has 0 bridgehead atoms. The Kier molecular flexibility index (Phi) is 8.01. The average Bonchev–Trinajstić information content (AvgIpc) is 2.74. The molecule has 2 fully saturated rings. The summed E-state index contributed by atoms with van der Waals surface area (Å²) in [6, 6.07) is 13.9. The maximum absolute atomic E-state index is 5.53. The van der Waals surface area contributed by atoms with Crippen LogP contribution < -0.4 is 4.74 Å². The van der Waals surface area contributed by atoms with Crippen molar-refractivity contribution in [2.24, 2.45) is 0 Å². The molecule has 2 aliphatic rings. The summed E-state index contributed by atoms with van der Waals surface area (Å²) in [6.45, 7) is 6.27. The molecule has 1 aliphatic carbocycles. The minimum Gasteiger partial charge on any atom is -0.496 e. The number of hydrogen-bond donors (Lipinski definition) is 0. The van der Waals surface area contributed by atoms with Crippen molar-refractivity contribution in [3.63, 3.8) is 0 Å². The summed E-state index contributed by atoms with van der Waals surface area (Å²) in [7, 11) is 1.76. The van der Waals surface area contributed by atoms with E-state index in [-0.39, 0.29) is 12.4 Å². The number of hydrogen-bond acceptors (Lipinski definition) is 3. The molecule has 28 heavy (non-hydrogen) atoms. The lowest BCUT2D eigenvalue weighted by atomic mass is 9.94. The SMILES string of the molecule is COc1cccc2c(CCCN3CCN(C4CCCCC4)CC3)cccc12.Cl. The lowest BCUT2D eigenvalue weighted by Crippen LogP contribution is -2.50. The largest absolute Gasteiger partial charge is 0.496 e. The number of fused-ring (bicyclic) bond motifs is 1. The molecular formula is C24H35ClN2O. The summed E-state index contributed by atoms with van der Waals surface area (Å²) in [4.78, 5) is 5.44. The fraction of sp³-hybridized carbons (Fsp3) is 0.583. The second kappa shape index (κ2) is 10.5. The van der Waals surface area contributed by atoms with E-state index in [1.165, 1.54) is 87.6 Å². The molecule has 154 valence electrons. The first kappa shape index (κ1) is 21.4. The smallest absolute Gasteiger partial charge is 0.126 e. The summed E-state index contributed by atoms with van der Waals surface area (Å²) in [5, 5.41) is 2.58. The fourth-order valence-electron chi connectivity index (χ4n) is 5.03. The predicted molar refractivity (Wildman–Crippen MR) is 121 cm³/mol. The topological polar surface area (TPSA) is 15.7 Å². The van der Waals surface area contributed by atoms with Gasteiger partial charge in [0.1, 0.15) is 5.75 Å². The Morgan fingerprint density at radius 1 is 0.893 bits per heavy atom. The molecule has 1 aliphatic heterocycles. The molecule has 4 heteroatoms. The summed E-state index contributed by atoms with van der Waals surface area (Å²) < 4.78 is 5.53. The van der Waals surface area contributed by atoms with Crippen LogP contribution in [0.15, 0.2) is 36.4 Å². The summed E-state index contributed by atoms with van der Waals surface area (Å²) in [6.07, 6.45) is 9.60. The van der Waals surface area contributed by atoms with Crippen LogP contribution in [0.2, 0.25) is 0 Å². The molecule has 3 nitrogen and oxygen atoms in total. The normalized spacial score (nSPS) is 19.5. The van der Waals surface area contributed by atoms with Gasteiger partial charge in [-0.05, 0) is 49.2 Å². The summed E-state index contributed by atoms with van der Waals surface area (Å²) in [5.41, 5.74) is 1.45. The van der Waals surface area contributed by atoms with E-state index in [0.29, 0.717) is 0 Å². The molecule has 0 unspecified atom stereocenters. The molecular weight excluding hydrogens is 368 g/mol. The molecule has 2 aromatic carbocycles. The maximum Gasteiger partial charge on any atom is 0.126 e. The Morgan fingerprint density at radius 3 is 2.36 bits per heavy atom. The van der Waals surface area contributed by atoms with Crippen molar-refractivity contribution in [1.82, 2.24) is 9.80 Å². The molecule has 2 aromatic rings. The molecule has 0 N–H and O–H groups in total. The van der Waals surface area contributed by atoms with Gasteiger partial charge in [-0.15, -0.1) is 12.4 Å². The monoisotopic (exact) mass is 402 g/mol. The van der Waals surface area contributed by atoms with E-state index in [0.717, 1.165) is 18.2 Å². The first-order valence-electron chi connectivity index (χ1n) is 10.9. The molecule has 0 atom stereocenters. The van der Waals surface area contributed by atoms with Crippen molar-refractivity contribution in [1.29, 1.82) is 0 Å². The Balaban J connectivity index is 0.00000225. The summed E-state index contributed by atoms with van der Waals surface area (Å²) in [5.74, 6) is 0.980. The van der Waals surface area contributed by atoms with Crippen molar-refractivity contribution < 1.29 is 4.74 Å². The van der Waals surface area contributed by atoms with E-state index in [9.17, 15) is 0 Å². The maximum atomic E-state index is 5.53. The van der Waals surface area contributed by atoms with Crippen LogP contribution in [0.4, 0.5) is 0 Å². The molecule has 1 heterocycles. The molecule has 1 saturated heterocycles. The van der Waals surface area contributed by atoms with Gasteiger partial charge in [-0.2, -0.15) is 0 Å². The lowest BCUT2D eigenvalue weighted by Gasteiger charge is -2.40. The van der Waals surface area contributed by atoms with Crippen molar-refractivity contribution in [3.8, 4) is 5.75 Å². The van der Waals surface area contributed by atoms with Crippen LogP contribution in [0.3, 0.4) is 0 Å². The van der Waals surface area contributed by atoms with Gasteiger partial charge in [0.25, 0.3) is 0 Å². The highest BCUT2D eigenvalue weighted by atomic mass is 35.5. The fourth-order valence-corrected chi connectivity index (χ4v) is 5.03. The van der Waals surface area contributed by atoms with Gasteiger partial charge in [0.15, 0.2) is 0 Å². The highest BCUT2D eigenvalue weighted by Gasteiger charge is 2.24. The number of halogens is 1. The Labute approximate surface area is 176 Å². The number of aryl methyl sites for hydroxylation is 1. The molecule has 0 spiro atoms. The van der Waals surface area contributed by atoms with Crippen LogP contribution in [0, 0.1) is 0 Å². The quantitative estimate of drug-likeness (QED) is 0.664. The second-order valence-electron chi connectivity index (χ2n) is 8.25. The van der Waals surface area contributed by atoms with E-state index in [1.807, 2.05) is 0 Å². The van der Waals surface area contributed by atoms with Gasteiger partial charge in [0.05, 0.1) is 7.11 Å².